The molecule has 0 unspecified atom stereocenters. The van der Waals surface area contributed by atoms with Gasteiger partial charge in [0, 0.05) is 23.9 Å². The number of hydrogen-bond acceptors (Lipinski definition) is 3. The maximum Gasteiger partial charge on any atom is 0.293 e. The summed E-state index contributed by atoms with van der Waals surface area (Å²) in [5.41, 5.74) is 6.04. The molecule has 13 heavy (non-hydrogen) atoms. The lowest BCUT2D eigenvalue weighted by Gasteiger charge is -1.94. The molecule has 0 bridgehead atoms. The molecule has 1 aromatic rings. The van der Waals surface area contributed by atoms with Crippen LogP contribution in [0.5, 0.6) is 0 Å². The molecule has 0 saturated heterocycles. The smallest absolute Gasteiger partial charge is 0.293 e. The molecule has 66 valence electrons. The van der Waals surface area contributed by atoms with Gasteiger partial charge < -0.3 is 10.8 Å². The molecule has 3 N–H and O–H groups in total. The van der Waals surface area contributed by atoms with Gasteiger partial charge in [0.05, 0.1) is 6.61 Å². The highest BCUT2D eigenvalue weighted by Gasteiger charge is 1.92. The second-order valence-corrected chi connectivity index (χ2v) is 2.35. The minimum atomic E-state index is -0.686. The Labute approximate surface area is 75.4 Å². The van der Waals surface area contributed by atoms with E-state index in [1.165, 1.54) is 12.4 Å². The number of hydrogen-bond donors (Lipinski definition) is 2. The van der Waals surface area contributed by atoms with Gasteiger partial charge in [0.15, 0.2) is 0 Å². The maximum absolute atomic E-state index is 10.3. The van der Waals surface area contributed by atoms with Crippen LogP contribution in [0.1, 0.15) is 11.1 Å². The normalized spacial score (nSPS) is 8.69. The van der Waals surface area contributed by atoms with Crippen LogP contribution in [-0.4, -0.2) is 16.0 Å². The van der Waals surface area contributed by atoms with Gasteiger partial charge in [0.25, 0.3) is 5.91 Å². The number of primary amides is 1. The van der Waals surface area contributed by atoms with E-state index in [0.29, 0.717) is 11.1 Å². The number of aromatic nitrogens is 1. The topological polar surface area (TPSA) is 76.2 Å². The van der Waals surface area contributed by atoms with E-state index < -0.39 is 5.91 Å². The van der Waals surface area contributed by atoms with Crippen LogP contribution in [-0.2, 0) is 11.4 Å². The lowest BCUT2D eigenvalue weighted by atomic mass is 10.2. The third-order valence-electron chi connectivity index (χ3n) is 1.31. The van der Waals surface area contributed by atoms with Gasteiger partial charge in [-0.25, -0.2) is 0 Å². The molecule has 0 spiro atoms. The number of pyridine rings is 1. The molecule has 1 heterocycles. The van der Waals surface area contributed by atoms with E-state index in [-0.39, 0.29) is 6.61 Å². The Kier molecular flexibility index (Phi) is 3.01. The first-order valence-electron chi connectivity index (χ1n) is 3.58. The highest BCUT2D eigenvalue weighted by atomic mass is 16.3. The summed E-state index contributed by atoms with van der Waals surface area (Å²) >= 11 is 0. The van der Waals surface area contributed by atoms with Crippen LogP contribution in [0.4, 0.5) is 0 Å². The molecular formula is C9H8N2O2. The first-order valence-corrected chi connectivity index (χ1v) is 3.58. The van der Waals surface area contributed by atoms with Crippen molar-refractivity contribution in [2.75, 3.05) is 0 Å². The molecule has 0 fully saturated rings. The van der Waals surface area contributed by atoms with Crippen molar-refractivity contribution >= 4 is 5.91 Å². The summed E-state index contributed by atoms with van der Waals surface area (Å²) in [5, 5.41) is 8.76. The van der Waals surface area contributed by atoms with Gasteiger partial charge in [-0.1, -0.05) is 5.92 Å². The Morgan fingerprint density at radius 1 is 1.62 bits per heavy atom. The van der Waals surface area contributed by atoms with E-state index in [1.54, 1.807) is 6.07 Å². The van der Waals surface area contributed by atoms with E-state index in [0.717, 1.165) is 0 Å². The summed E-state index contributed by atoms with van der Waals surface area (Å²) in [6, 6.07) is 1.64. The average Bonchev–Trinajstić information content (AvgIpc) is 2.15. The van der Waals surface area contributed by atoms with Gasteiger partial charge >= 0.3 is 0 Å². The summed E-state index contributed by atoms with van der Waals surface area (Å²) in [6.45, 7) is -0.0981. The Hall–Kier alpha value is -1.86. The zero-order valence-electron chi connectivity index (χ0n) is 6.82. The SMILES string of the molecule is NC(=O)C#Cc1cncc(CO)c1. The lowest BCUT2D eigenvalue weighted by Crippen LogP contribution is -2.06. The lowest BCUT2D eigenvalue weighted by molar-refractivity contribution is -0.112. The van der Waals surface area contributed by atoms with Crippen molar-refractivity contribution in [2.45, 2.75) is 6.61 Å². The Morgan fingerprint density at radius 2 is 2.38 bits per heavy atom. The number of amides is 1. The zero-order chi connectivity index (χ0) is 9.68. The second kappa shape index (κ2) is 4.24. The first kappa shape index (κ1) is 9.23. The third kappa shape index (κ3) is 2.93. The molecule has 4 heteroatoms. The van der Waals surface area contributed by atoms with Gasteiger partial charge in [-0.05, 0) is 11.6 Å². The van der Waals surface area contributed by atoms with E-state index >= 15 is 0 Å². The molecule has 1 amide bonds. The maximum atomic E-state index is 10.3. The van der Waals surface area contributed by atoms with Crippen LogP contribution in [0, 0.1) is 11.8 Å². The molecule has 0 radical (unpaired) electrons. The minimum absolute atomic E-state index is 0.0981. The molecule has 0 saturated carbocycles. The quantitative estimate of drug-likeness (QED) is 0.561. The van der Waals surface area contributed by atoms with Gasteiger partial charge in [0.1, 0.15) is 0 Å². The van der Waals surface area contributed by atoms with Crippen molar-refractivity contribution in [2.24, 2.45) is 5.73 Å². The number of carbonyl (C=O) groups excluding carboxylic acids is 1. The second-order valence-electron chi connectivity index (χ2n) is 2.35. The Bertz CT molecular complexity index is 377. The molecule has 0 aliphatic rings. The zero-order valence-corrected chi connectivity index (χ0v) is 6.82. The van der Waals surface area contributed by atoms with Crippen molar-refractivity contribution < 1.29 is 9.90 Å². The van der Waals surface area contributed by atoms with E-state index in [1.807, 2.05) is 0 Å². The summed E-state index contributed by atoms with van der Waals surface area (Å²) in [4.78, 5) is 14.1. The largest absolute Gasteiger partial charge is 0.392 e. The average molecular weight is 176 g/mol. The van der Waals surface area contributed by atoms with Crippen molar-refractivity contribution in [3.05, 3.63) is 29.6 Å². The summed E-state index contributed by atoms with van der Waals surface area (Å²) in [5.74, 6) is 4.02. The highest BCUT2D eigenvalue weighted by Crippen LogP contribution is 2.00. The predicted molar refractivity (Wildman–Crippen MR) is 46.2 cm³/mol. The van der Waals surface area contributed by atoms with Gasteiger partial charge in [-0.15, -0.1) is 0 Å². The van der Waals surface area contributed by atoms with Crippen molar-refractivity contribution in [3.8, 4) is 11.8 Å². The van der Waals surface area contributed by atoms with Crippen molar-refractivity contribution in [1.29, 1.82) is 0 Å². The number of nitrogens with zero attached hydrogens (tertiary/aromatic N) is 1. The molecule has 0 aromatic carbocycles. The number of aliphatic hydroxyl groups is 1. The minimum Gasteiger partial charge on any atom is -0.392 e. The molecule has 0 aliphatic carbocycles. The Morgan fingerprint density at radius 3 is 3.00 bits per heavy atom. The van der Waals surface area contributed by atoms with E-state index in [4.69, 9.17) is 10.8 Å². The molecule has 4 nitrogen and oxygen atoms in total. The molecular weight excluding hydrogens is 168 g/mol. The van der Waals surface area contributed by atoms with Crippen LogP contribution in [0.25, 0.3) is 0 Å². The fraction of sp³-hybridized carbons (Fsp3) is 0.111. The fourth-order valence-corrected chi connectivity index (χ4v) is 0.776. The first-order chi connectivity index (χ1) is 6.22. The highest BCUT2D eigenvalue weighted by molar-refractivity contribution is 5.92. The summed E-state index contributed by atoms with van der Waals surface area (Å²) < 4.78 is 0. The summed E-state index contributed by atoms with van der Waals surface area (Å²) in [7, 11) is 0. The van der Waals surface area contributed by atoms with Crippen LogP contribution in [0.15, 0.2) is 18.5 Å². The van der Waals surface area contributed by atoms with Gasteiger partial charge in [-0.3, -0.25) is 9.78 Å². The van der Waals surface area contributed by atoms with E-state index in [2.05, 4.69) is 16.8 Å². The molecule has 0 atom stereocenters. The van der Waals surface area contributed by atoms with Gasteiger partial charge in [0.2, 0.25) is 0 Å². The molecule has 1 rings (SSSR count). The Balaban J connectivity index is 2.91. The number of nitrogens with two attached hydrogens (primary N) is 1. The fourth-order valence-electron chi connectivity index (χ4n) is 0.776. The molecule has 0 aliphatic heterocycles. The van der Waals surface area contributed by atoms with Crippen LogP contribution >= 0.6 is 0 Å². The van der Waals surface area contributed by atoms with Crippen LogP contribution < -0.4 is 5.73 Å². The van der Waals surface area contributed by atoms with E-state index in [9.17, 15) is 4.79 Å². The molecule has 1 aromatic heterocycles. The van der Waals surface area contributed by atoms with Crippen molar-refractivity contribution in [1.82, 2.24) is 4.98 Å². The third-order valence-corrected chi connectivity index (χ3v) is 1.31. The summed E-state index contributed by atoms with van der Waals surface area (Å²) in [6.07, 6.45) is 3.02. The number of aliphatic hydroxyl groups excluding tert-OH is 1. The van der Waals surface area contributed by atoms with Crippen molar-refractivity contribution in [3.63, 3.8) is 0 Å². The van der Waals surface area contributed by atoms with Crippen LogP contribution in [0.2, 0.25) is 0 Å². The van der Waals surface area contributed by atoms with Crippen LogP contribution in [0.3, 0.4) is 0 Å². The monoisotopic (exact) mass is 176 g/mol. The number of carbonyl (C=O) groups is 1. The predicted octanol–water partition coefficient (Wildman–Crippen LogP) is -0.589. The van der Waals surface area contributed by atoms with Gasteiger partial charge in [-0.2, -0.15) is 0 Å². The number of rotatable bonds is 1. The standard InChI is InChI=1S/C9H8N2O2/c10-9(13)2-1-7-3-8(6-12)5-11-4-7/h3-5,12H,6H2,(H2,10,13).